The van der Waals surface area contributed by atoms with E-state index < -0.39 is 30.7 Å². The molecule has 4 N–H and O–H groups in total. The van der Waals surface area contributed by atoms with Crippen LogP contribution < -0.4 is 20.5 Å². The minimum atomic E-state index is -4.24. The third-order valence-corrected chi connectivity index (χ3v) is 6.67. The maximum absolute atomic E-state index is 13.3. The highest BCUT2D eigenvalue weighted by molar-refractivity contribution is 6.26. The number of rotatable bonds is 8. The van der Waals surface area contributed by atoms with Crippen LogP contribution in [0.2, 0.25) is 0 Å². The van der Waals surface area contributed by atoms with Gasteiger partial charge in [0.2, 0.25) is 0 Å². The van der Waals surface area contributed by atoms with Crippen LogP contribution in [0.3, 0.4) is 0 Å². The molecule has 1 aliphatic heterocycles. The molecule has 2 aliphatic rings. The van der Waals surface area contributed by atoms with Crippen LogP contribution in [-0.4, -0.2) is 36.3 Å². The van der Waals surface area contributed by atoms with Crippen LogP contribution in [0, 0.1) is 0 Å². The van der Waals surface area contributed by atoms with Crippen molar-refractivity contribution in [2.75, 3.05) is 6.61 Å². The second-order valence-electron chi connectivity index (χ2n) is 9.19. The molecule has 0 bridgehead atoms. The Morgan fingerprint density at radius 1 is 1.16 bits per heavy atom. The number of nitrogens with zero attached hydrogens (tertiary/aromatic N) is 1. The molecule has 4 rings (SSSR count). The topological polar surface area (TPSA) is 106 Å². The average Bonchev–Trinajstić information content (AvgIpc) is 2.85. The fourth-order valence-electron chi connectivity index (χ4n) is 5.08. The zero-order valence-electron chi connectivity index (χ0n) is 20.2. The van der Waals surface area contributed by atoms with E-state index in [0.29, 0.717) is 36.1 Å². The molecule has 1 atom stereocenters. The molecule has 2 aromatic carbocycles. The van der Waals surface area contributed by atoms with Crippen LogP contribution in [0.1, 0.15) is 48.8 Å². The van der Waals surface area contributed by atoms with Gasteiger partial charge in [-0.1, -0.05) is 23.4 Å². The number of carbonyl (C=O) groups excluding carboxylic acids is 1. The maximum Gasteiger partial charge on any atom is 0.389 e. The lowest BCUT2D eigenvalue weighted by molar-refractivity contribution is -0.136. The average molecular weight is 540 g/mol. The van der Waals surface area contributed by atoms with E-state index in [1.54, 1.807) is 18.2 Å². The lowest BCUT2D eigenvalue weighted by Gasteiger charge is -2.44. The van der Waals surface area contributed by atoms with Crippen molar-refractivity contribution in [2.24, 2.45) is 10.9 Å². The van der Waals surface area contributed by atoms with Crippen molar-refractivity contribution in [3.05, 3.63) is 64.7 Å². The molecular weight excluding hydrogens is 513 g/mol. The van der Waals surface area contributed by atoms with Crippen molar-refractivity contribution in [1.82, 2.24) is 5.32 Å². The van der Waals surface area contributed by atoms with Crippen LogP contribution in [0.25, 0.3) is 5.57 Å². The van der Waals surface area contributed by atoms with Crippen molar-refractivity contribution in [2.45, 2.75) is 56.9 Å². The zero-order valence-corrected chi connectivity index (χ0v) is 20.2. The van der Waals surface area contributed by atoms with E-state index in [2.05, 4.69) is 15.2 Å². The molecular formula is C26H26F5N3O4. The standard InChI is InChI=1S/C26H26F5N3O4/c27-24(28)38-17-6-4-15(5-7-17)19-14-25(33-23(35)21(19)22(32)34-36)10-1-3-16-13-18(8-9-20(16)25)37-12-2-11-26(29,30)31/h4-9,13,24,36H,1-3,10-12,14H2,(H2,32,34)(H,33,35)/t25-/m0/s1. The number of oxime groups is 1. The summed E-state index contributed by atoms with van der Waals surface area (Å²) in [6, 6.07) is 10.9. The Morgan fingerprint density at radius 2 is 1.87 bits per heavy atom. The number of amidine groups is 1. The molecule has 1 spiro atoms. The van der Waals surface area contributed by atoms with E-state index in [1.807, 2.05) is 0 Å². The first kappa shape index (κ1) is 27.2. The molecule has 38 heavy (non-hydrogen) atoms. The number of ether oxygens (including phenoxy) is 2. The van der Waals surface area contributed by atoms with Crippen LogP contribution in [-0.2, 0) is 16.8 Å². The van der Waals surface area contributed by atoms with Gasteiger partial charge in [-0.05, 0) is 72.2 Å². The van der Waals surface area contributed by atoms with Gasteiger partial charge in [0.15, 0.2) is 5.84 Å². The molecule has 0 aromatic heterocycles. The summed E-state index contributed by atoms with van der Waals surface area (Å²) >= 11 is 0. The number of nitrogens with one attached hydrogen (secondary N) is 1. The van der Waals surface area contributed by atoms with Gasteiger partial charge in [0.1, 0.15) is 11.5 Å². The van der Waals surface area contributed by atoms with Gasteiger partial charge in [-0.2, -0.15) is 22.0 Å². The van der Waals surface area contributed by atoms with E-state index in [0.717, 1.165) is 11.1 Å². The van der Waals surface area contributed by atoms with Gasteiger partial charge in [-0.3, -0.25) is 4.79 Å². The second kappa shape index (κ2) is 10.9. The number of nitrogens with two attached hydrogens (primary N) is 1. The molecule has 0 fully saturated rings. The Bertz CT molecular complexity index is 1240. The minimum absolute atomic E-state index is 0.0302. The number of benzene rings is 2. The second-order valence-corrected chi connectivity index (χ2v) is 9.19. The summed E-state index contributed by atoms with van der Waals surface area (Å²) in [6.45, 7) is -3.07. The predicted molar refractivity (Wildman–Crippen MR) is 128 cm³/mol. The Labute approximate surface area is 215 Å². The summed E-state index contributed by atoms with van der Waals surface area (Å²) in [5.41, 5.74) is 7.67. The Morgan fingerprint density at radius 3 is 2.53 bits per heavy atom. The molecule has 2 aromatic rings. The summed E-state index contributed by atoms with van der Waals surface area (Å²) in [4.78, 5) is 13.3. The lowest BCUT2D eigenvalue weighted by atomic mass is 9.69. The highest BCUT2D eigenvalue weighted by Gasteiger charge is 2.44. The van der Waals surface area contributed by atoms with Crippen LogP contribution in [0.15, 0.2) is 53.2 Å². The van der Waals surface area contributed by atoms with E-state index >= 15 is 0 Å². The molecule has 0 saturated carbocycles. The Kier molecular flexibility index (Phi) is 7.79. The highest BCUT2D eigenvalue weighted by Crippen LogP contribution is 2.46. The van der Waals surface area contributed by atoms with Gasteiger partial charge in [-0.25, -0.2) is 0 Å². The molecule has 1 aliphatic carbocycles. The first-order valence-corrected chi connectivity index (χ1v) is 11.9. The van der Waals surface area contributed by atoms with Gasteiger partial charge in [0, 0.05) is 12.8 Å². The summed E-state index contributed by atoms with van der Waals surface area (Å²) < 4.78 is 72.3. The largest absolute Gasteiger partial charge is 0.494 e. The fraction of sp³-hybridized carbons (Fsp3) is 0.385. The van der Waals surface area contributed by atoms with Gasteiger partial charge >= 0.3 is 12.8 Å². The number of alkyl halides is 5. The maximum atomic E-state index is 13.3. The number of amides is 1. The number of hydrogen-bond acceptors (Lipinski definition) is 5. The number of hydrogen-bond donors (Lipinski definition) is 3. The third kappa shape index (κ3) is 6.00. The molecule has 7 nitrogen and oxygen atoms in total. The smallest absolute Gasteiger partial charge is 0.389 e. The monoisotopic (exact) mass is 539 g/mol. The van der Waals surface area contributed by atoms with Crippen LogP contribution in [0.5, 0.6) is 11.5 Å². The SMILES string of the molecule is N/C(=N\O)C1=C(c2ccc(OC(F)F)cc2)C[C@]2(CCCc3cc(OCCCC(F)(F)F)ccc32)NC1=O. The fourth-order valence-corrected chi connectivity index (χ4v) is 5.08. The molecule has 1 amide bonds. The van der Waals surface area contributed by atoms with Gasteiger partial charge in [0.05, 0.1) is 17.7 Å². The minimum Gasteiger partial charge on any atom is -0.494 e. The molecule has 0 radical (unpaired) electrons. The molecule has 0 saturated heterocycles. The van der Waals surface area contributed by atoms with Crippen molar-refractivity contribution in [1.29, 1.82) is 0 Å². The van der Waals surface area contributed by atoms with Crippen molar-refractivity contribution in [3.8, 4) is 11.5 Å². The Hall–Kier alpha value is -3.83. The summed E-state index contributed by atoms with van der Waals surface area (Å²) in [7, 11) is 0. The predicted octanol–water partition coefficient (Wildman–Crippen LogP) is 5.26. The first-order valence-electron chi connectivity index (χ1n) is 11.9. The normalized spacial score (nSPS) is 19.9. The van der Waals surface area contributed by atoms with E-state index in [9.17, 15) is 32.0 Å². The van der Waals surface area contributed by atoms with E-state index in [1.165, 1.54) is 24.3 Å². The van der Waals surface area contributed by atoms with E-state index in [-0.39, 0.29) is 36.6 Å². The van der Waals surface area contributed by atoms with E-state index in [4.69, 9.17) is 10.5 Å². The third-order valence-electron chi connectivity index (χ3n) is 6.67. The quantitative estimate of drug-likeness (QED) is 0.106. The first-order chi connectivity index (χ1) is 18.0. The zero-order chi connectivity index (χ0) is 27.5. The molecule has 1 heterocycles. The number of aryl methyl sites for hydroxylation is 1. The van der Waals surface area contributed by atoms with Crippen molar-refractivity contribution >= 4 is 17.3 Å². The Balaban J connectivity index is 1.65. The highest BCUT2D eigenvalue weighted by atomic mass is 19.4. The van der Waals surface area contributed by atoms with Gasteiger partial charge in [0.25, 0.3) is 5.91 Å². The van der Waals surface area contributed by atoms with Gasteiger partial charge < -0.3 is 25.7 Å². The van der Waals surface area contributed by atoms with Crippen molar-refractivity contribution in [3.63, 3.8) is 0 Å². The lowest BCUT2D eigenvalue weighted by Crippen LogP contribution is -2.53. The van der Waals surface area contributed by atoms with Gasteiger partial charge in [-0.15, -0.1) is 0 Å². The summed E-state index contributed by atoms with van der Waals surface area (Å²) in [5, 5.41) is 15.3. The van der Waals surface area contributed by atoms with Crippen molar-refractivity contribution < 1.29 is 41.4 Å². The summed E-state index contributed by atoms with van der Waals surface area (Å²) in [6.07, 6.45) is -3.10. The van der Waals surface area contributed by atoms with Crippen LogP contribution >= 0.6 is 0 Å². The summed E-state index contributed by atoms with van der Waals surface area (Å²) in [5.74, 6) is -0.572. The molecule has 204 valence electrons. The molecule has 12 heteroatoms. The number of fused-ring (bicyclic) bond motifs is 2. The van der Waals surface area contributed by atoms with Crippen LogP contribution in [0.4, 0.5) is 22.0 Å². The molecule has 0 unspecified atom stereocenters. The number of carbonyl (C=O) groups is 1. The number of halogens is 5.